The monoisotopic (exact) mass is 574 g/mol. The number of carbonyl (C=O) groups excluding carboxylic acids is 1. The zero-order valence-corrected chi connectivity index (χ0v) is 22.9. The fourth-order valence-electron chi connectivity index (χ4n) is 3.51. The van der Waals surface area contributed by atoms with Crippen LogP contribution in [0.5, 0.6) is 5.75 Å². The quantitative estimate of drug-likeness (QED) is 0.336. The molecule has 1 amide bonds. The van der Waals surface area contributed by atoms with E-state index >= 15 is 0 Å². The molecule has 2 N–H and O–H groups in total. The Bertz CT molecular complexity index is 1390. The Morgan fingerprint density at radius 1 is 0.976 bits per heavy atom. The number of carboxylic acid groups (broad SMARTS) is 1. The molecule has 3 rings (SSSR count). The van der Waals surface area contributed by atoms with Crippen LogP contribution in [0.25, 0.3) is 11.1 Å². The lowest BCUT2D eigenvalue weighted by atomic mass is 10.0. The van der Waals surface area contributed by atoms with Crippen molar-refractivity contribution in [2.24, 2.45) is 0 Å². The number of benzene rings is 3. The first-order valence-corrected chi connectivity index (χ1v) is 12.2. The number of carboxylic acids is 1. The Morgan fingerprint density at radius 2 is 1.56 bits per heavy atom. The minimum Gasteiger partial charge on any atom is -0.496 e. The topological polar surface area (TPSA) is 106 Å². The van der Waals surface area contributed by atoms with Gasteiger partial charge in [-0.1, -0.05) is 12.1 Å². The van der Waals surface area contributed by atoms with E-state index in [2.05, 4.69) is 22.2 Å². The zero-order valence-electron chi connectivity index (χ0n) is 22.9. The smallest absolute Gasteiger partial charge is 0.490 e. The number of halogens is 4. The van der Waals surface area contributed by atoms with E-state index in [9.17, 15) is 22.4 Å². The summed E-state index contributed by atoms with van der Waals surface area (Å²) in [6.45, 7) is 2.55. The van der Waals surface area contributed by atoms with Crippen LogP contribution in [0.15, 0.2) is 60.7 Å². The Labute approximate surface area is 235 Å². The largest absolute Gasteiger partial charge is 0.496 e. The van der Waals surface area contributed by atoms with E-state index in [0.717, 1.165) is 30.0 Å². The van der Waals surface area contributed by atoms with Crippen molar-refractivity contribution in [2.75, 3.05) is 46.7 Å². The van der Waals surface area contributed by atoms with Crippen molar-refractivity contribution in [2.45, 2.75) is 12.7 Å². The van der Waals surface area contributed by atoms with E-state index in [1.807, 2.05) is 38.4 Å². The number of nitrogens with one attached hydrogen (secondary N) is 1. The van der Waals surface area contributed by atoms with Crippen molar-refractivity contribution in [3.8, 4) is 22.9 Å². The number of nitrogens with zero attached hydrogens (tertiary/aromatic N) is 3. The number of nitriles is 1. The van der Waals surface area contributed by atoms with E-state index < -0.39 is 23.9 Å². The number of hydrogen-bond acceptors (Lipinski definition) is 6. The molecule has 41 heavy (non-hydrogen) atoms. The summed E-state index contributed by atoms with van der Waals surface area (Å²) in [5.41, 5.74) is 3.47. The lowest BCUT2D eigenvalue weighted by Gasteiger charge is -2.21. The van der Waals surface area contributed by atoms with E-state index in [-0.39, 0.29) is 5.69 Å². The fraction of sp³-hybridized carbons (Fsp3) is 0.276. The highest BCUT2D eigenvalue weighted by molar-refractivity contribution is 6.04. The number of methoxy groups -OCH3 is 1. The predicted octanol–water partition coefficient (Wildman–Crippen LogP) is 5.25. The Hall–Kier alpha value is -4.47. The van der Waals surface area contributed by atoms with Crippen molar-refractivity contribution in [3.63, 3.8) is 0 Å². The summed E-state index contributed by atoms with van der Waals surface area (Å²) in [6, 6.07) is 18.7. The number of hydrogen-bond donors (Lipinski definition) is 2. The SMILES string of the molecule is COc1ccc(-c2ccc(NC(=O)c3ccc(C#N)cc3)c(F)c2)cc1CN(C)CCN(C)C.O=C(O)C(F)(F)F. The molecule has 0 fully saturated rings. The average molecular weight is 575 g/mol. The van der Waals surface area contributed by atoms with Crippen LogP contribution in [-0.2, 0) is 11.3 Å². The molecule has 218 valence electrons. The van der Waals surface area contributed by atoms with Crippen molar-refractivity contribution in [3.05, 3.63) is 83.2 Å². The number of amides is 1. The molecule has 8 nitrogen and oxygen atoms in total. The molecule has 3 aromatic rings. The molecule has 0 aliphatic carbocycles. The van der Waals surface area contributed by atoms with Gasteiger partial charge in [0.2, 0.25) is 0 Å². The van der Waals surface area contributed by atoms with E-state index in [1.165, 1.54) is 18.2 Å². The lowest BCUT2D eigenvalue weighted by Crippen LogP contribution is -2.28. The van der Waals surface area contributed by atoms with E-state index in [4.69, 9.17) is 19.9 Å². The van der Waals surface area contributed by atoms with Crippen LogP contribution in [0, 0.1) is 17.1 Å². The number of ether oxygens (including phenoxy) is 1. The number of likely N-dealkylation sites (N-methyl/N-ethyl adjacent to an activating group) is 2. The summed E-state index contributed by atoms with van der Waals surface area (Å²) in [5.74, 6) is -2.94. The third kappa shape index (κ3) is 10.2. The van der Waals surface area contributed by atoms with Gasteiger partial charge in [-0.2, -0.15) is 18.4 Å². The van der Waals surface area contributed by atoms with Gasteiger partial charge < -0.3 is 25.0 Å². The summed E-state index contributed by atoms with van der Waals surface area (Å²) in [7, 11) is 7.78. The van der Waals surface area contributed by atoms with Gasteiger partial charge in [0.25, 0.3) is 5.91 Å². The predicted molar refractivity (Wildman–Crippen MR) is 146 cm³/mol. The maximum absolute atomic E-state index is 14.9. The van der Waals surface area contributed by atoms with Crippen LogP contribution in [0.3, 0.4) is 0 Å². The van der Waals surface area contributed by atoms with Crippen LogP contribution >= 0.6 is 0 Å². The minimum absolute atomic E-state index is 0.0928. The lowest BCUT2D eigenvalue weighted by molar-refractivity contribution is -0.192. The second-order valence-electron chi connectivity index (χ2n) is 9.21. The summed E-state index contributed by atoms with van der Waals surface area (Å²) < 4.78 is 52.1. The van der Waals surface area contributed by atoms with Gasteiger partial charge in [0.1, 0.15) is 11.6 Å². The standard InChI is InChI=1S/C27H29FN4O2.C2HF3O2/c1-31(2)13-14-32(3)18-23-15-21(10-12-26(23)34-4)22-9-11-25(24(28)16-22)30-27(33)20-7-5-19(17-29)6-8-20;3-2(4,5)1(6)7/h5-12,15-16H,13-14,18H2,1-4H3,(H,30,33);(H,6,7). The molecule has 0 aliphatic rings. The first-order chi connectivity index (χ1) is 19.2. The molecule has 0 saturated carbocycles. The van der Waals surface area contributed by atoms with Gasteiger partial charge >= 0.3 is 12.1 Å². The van der Waals surface area contributed by atoms with Gasteiger partial charge in [0.15, 0.2) is 0 Å². The highest BCUT2D eigenvalue weighted by atomic mass is 19.4. The average Bonchev–Trinajstić information content (AvgIpc) is 2.92. The maximum Gasteiger partial charge on any atom is 0.490 e. The van der Waals surface area contributed by atoms with Gasteiger partial charge in [0, 0.05) is 30.8 Å². The summed E-state index contributed by atoms with van der Waals surface area (Å²) >= 11 is 0. The number of carbonyl (C=O) groups is 2. The molecular weight excluding hydrogens is 544 g/mol. The highest BCUT2D eigenvalue weighted by Gasteiger charge is 2.38. The zero-order chi connectivity index (χ0) is 30.7. The molecule has 12 heteroatoms. The number of aliphatic carboxylic acids is 1. The van der Waals surface area contributed by atoms with Crippen molar-refractivity contribution in [1.82, 2.24) is 9.80 Å². The van der Waals surface area contributed by atoms with Crippen LogP contribution in [-0.4, -0.2) is 74.3 Å². The Kier molecular flexibility index (Phi) is 11.8. The van der Waals surface area contributed by atoms with Crippen molar-refractivity contribution >= 4 is 17.6 Å². The molecule has 0 saturated heterocycles. The number of alkyl halides is 3. The minimum atomic E-state index is -5.08. The molecule has 3 aromatic carbocycles. The molecule has 0 heterocycles. The molecule has 0 unspecified atom stereocenters. The highest BCUT2D eigenvalue weighted by Crippen LogP contribution is 2.30. The first kappa shape index (κ1) is 32.7. The molecule has 0 radical (unpaired) electrons. The van der Waals surface area contributed by atoms with Gasteiger partial charge in [-0.3, -0.25) is 4.79 Å². The fourth-order valence-corrected chi connectivity index (χ4v) is 3.51. The summed E-state index contributed by atoms with van der Waals surface area (Å²) in [4.78, 5) is 25.7. The Morgan fingerprint density at radius 3 is 2.07 bits per heavy atom. The Balaban J connectivity index is 0.000000745. The summed E-state index contributed by atoms with van der Waals surface area (Å²) in [6.07, 6.45) is -5.08. The van der Waals surface area contributed by atoms with Gasteiger partial charge in [-0.15, -0.1) is 0 Å². The first-order valence-electron chi connectivity index (χ1n) is 12.2. The number of anilines is 1. The van der Waals surface area contributed by atoms with Gasteiger partial charge in [0.05, 0.1) is 24.4 Å². The summed E-state index contributed by atoms with van der Waals surface area (Å²) in [5, 5.41) is 18.6. The second kappa shape index (κ2) is 14.8. The molecule has 0 spiro atoms. The van der Waals surface area contributed by atoms with Crippen LogP contribution < -0.4 is 10.1 Å². The van der Waals surface area contributed by atoms with Crippen LogP contribution in [0.1, 0.15) is 21.5 Å². The molecule has 0 bridgehead atoms. The van der Waals surface area contributed by atoms with E-state index in [0.29, 0.717) is 23.2 Å². The van der Waals surface area contributed by atoms with Gasteiger partial charge in [-0.05, 0) is 80.8 Å². The molecular formula is C29H30F4N4O4. The molecule has 0 atom stereocenters. The van der Waals surface area contributed by atoms with Crippen molar-refractivity contribution < 1.29 is 37.0 Å². The van der Waals surface area contributed by atoms with E-state index in [1.54, 1.807) is 31.4 Å². The third-order valence-electron chi connectivity index (χ3n) is 5.72. The third-order valence-corrected chi connectivity index (χ3v) is 5.72. The van der Waals surface area contributed by atoms with Crippen LogP contribution in [0.2, 0.25) is 0 Å². The molecule has 0 aliphatic heterocycles. The van der Waals surface area contributed by atoms with Gasteiger partial charge in [-0.25, -0.2) is 9.18 Å². The van der Waals surface area contributed by atoms with Crippen molar-refractivity contribution in [1.29, 1.82) is 5.26 Å². The normalized spacial score (nSPS) is 11.0. The second-order valence-corrected chi connectivity index (χ2v) is 9.21. The number of rotatable bonds is 9. The maximum atomic E-state index is 14.9. The van der Waals surface area contributed by atoms with Crippen LogP contribution in [0.4, 0.5) is 23.2 Å². The molecule has 0 aromatic heterocycles.